The first-order chi connectivity index (χ1) is 12.1. The highest BCUT2D eigenvalue weighted by molar-refractivity contribution is 5.98. The molecule has 2 aliphatic carbocycles. The molecule has 3 aliphatic rings. The first-order valence-electron chi connectivity index (χ1n) is 9.59. The van der Waals surface area contributed by atoms with Crippen LogP contribution in [0.2, 0.25) is 0 Å². The number of benzene rings is 1. The topological polar surface area (TPSA) is 75.4 Å². The van der Waals surface area contributed by atoms with Gasteiger partial charge in [0.15, 0.2) is 0 Å². The van der Waals surface area contributed by atoms with Crippen LogP contribution in [0.5, 0.6) is 0 Å². The summed E-state index contributed by atoms with van der Waals surface area (Å²) in [5.74, 6) is 0.931. The van der Waals surface area contributed by atoms with E-state index in [4.69, 9.17) is 5.73 Å². The van der Waals surface area contributed by atoms with Gasteiger partial charge in [-0.2, -0.15) is 0 Å². The van der Waals surface area contributed by atoms with Crippen LogP contribution in [-0.4, -0.2) is 35.8 Å². The number of hydrogen-bond acceptors (Lipinski definition) is 3. The molecule has 1 saturated heterocycles. The average Bonchev–Trinajstić information content (AvgIpc) is 3.23. The first-order valence-corrected chi connectivity index (χ1v) is 9.59. The smallest absolute Gasteiger partial charge is 0.253 e. The minimum atomic E-state index is -0.0831. The van der Waals surface area contributed by atoms with Gasteiger partial charge in [0.05, 0.1) is 5.92 Å². The predicted octanol–water partition coefficient (Wildman–Crippen LogP) is 2.62. The minimum absolute atomic E-state index is 0.0160. The molecular formula is C20H27N3O2. The normalized spacial score (nSPS) is 31.2. The second-order valence-electron chi connectivity index (χ2n) is 7.86. The maximum absolute atomic E-state index is 12.7. The fraction of sp³-hybridized carbons (Fsp3) is 0.600. The van der Waals surface area contributed by atoms with E-state index in [-0.39, 0.29) is 23.8 Å². The predicted molar refractivity (Wildman–Crippen MR) is 97.1 cm³/mol. The second-order valence-corrected chi connectivity index (χ2v) is 7.86. The molecule has 2 saturated carbocycles. The van der Waals surface area contributed by atoms with E-state index in [0.717, 1.165) is 45.2 Å². The summed E-state index contributed by atoms with van der Waals surface area (Å²) in [6.07, 6.45) is 6.71. The number of likely N-dealkylation sites (tertiary alicyclic amines) is 1. The molecule has 134 valence electrons. The lowest BCUT2D eigenvalue weighted by molar-refractivity contribution is -0.121. The van der Waals surface area contributed by atoms with E-state index in [1.54, 1.807) is 6.07 Å². The van der Waals surface area contributed by atoms with Crippen molar-refractivity contribution in [1.82, 2.24) is 4.90 Å². The van der Waals surface area contributed by atoms with Gasteiger partial charge in [0.1, 0.15) is 0 Å². The van der Waals surface area contributed by atoms with Crippen molar-refractivity contribution in [2.45, 2.75) is 44.6 Å². The van der Waals surface area contributed by atoms with Gasteiger partial charge >= 0.3 is 0 Å². The molecule has 0 aromatic heterocycles. The van der Waals surface area contributed by atoms with Crippen molar-refractivity contribution in [3.05, 3.63) is 29.8 Å². The molecule has 1 aliphatic heterocycles. The molecule has 4 rings (SSSR count). The quantitative estimate of drug-likeness (QED) is 0.887. The molecule has 2 amide bonds. The third-order valence-corrected chi connectivity index (χ3v) is 6.30. The monoisotopic (exact) mass is 341 g/mol. The Labute approximate surface area is 148 Å². The number of carbonyl (C=O) groups excluding carboxylic acids is 2. The van der Waals surface area contributed by atoms with E-state index in [0.29, 0.717) is 23.1 Å². The van der Waals surface area contributed by atoms with E-state index in [9.17, 15) is 9.59 Å². The molecule has 4 atom stereocenters. The lowest BCUT2D eigenvalue weighted by Gasteiger charge is -2.28. The Kier molecular flexibility index (Phi) is 4.50. The van der Waals surface area contributed by atoms with E-state index >= 15 is 0 Å². The first kappa shape index (κ1) is 16.6. The zero-order chi connectivity index (χ0) is 17.4. The molecule has 1 aromatic rings. The van der Waals surface area contributed by atoms with Crippen molar-refractivity contribution in [3.63, 3.8) is 0 Å². The van der Waals surface area contributed by atoms with Crippen LogP contribution in [0.1, 0.15) is 48.9 Å². The largest absolute Gasteiger partial charge is 0.339 e. The number of fused-ring (bicyclic) bond motifs is 2. The van der Waals surface area contributed by atoms with E-state index < -0.39 is 0 Å². The van der Waals surface area contributed by atoms with Crippen LogP contribution in [0, 0.1) is 17.8 Å². The molecule has 4 unspecified atom stereocenters. The van der Waals surface area contributed by atoms with Crippen LogP contribution < -0.4 is 11.1 Å². The van der Waals surface area contributed by atoms with Gasteiger partial charge in [-0.1, -0.05) is 6.07 Å². The highest BCUT2D eigenvalue weighted by Gasteiger charge is 2.49. The summed E-state index contributed by atoms with van der Waals surface area (Å²) in [5, 5.41) is 3.01. The summed E-state index contributed by atoms with van der Waals surface area (Å²) in [5.41, 5.74) is 7.62. The SMILES string of the molecule is NC1C2CCC(C2)C1C(=O)Nc1cccc(C(=O)N2CCCCC2)c1. The number of hydrogen-bond donors (Lipinski definition) is 2. The van der Waals surface area contributed by atoms with Crippen molar-refractivity contribution in [2.24, 2.45) is 23.5 Å². The number of anilines is 1. The number of rotatable bonds is 3. The van der Waals surface area contributed by atoms with E-state index in [1.807, 2.05) is 23.1 Å². The van der Waals surface area contributed by atoms with Gasteiger partial charge in [-0.25, -0.2) is 0 Å². The molecule has 0 spiro atoms. The highest BCUT2D eigenvalue weighted by Crippen LogP contribution is 2.47. The fourth-order valence-corrected chi connectivity index (χ4v) is 4.96. The van der Waals surface area contributed by atoms with Crippen LogP contribution in [0.4, 0.5) is 5.69 Å². The number of amides is 2. The molecule has 1 aromatic carbocycles. The van der Waals surface area contributed by atoms with E-state index in [2.05, 4.69) is 5.32 Å². The van der Waals surface area contributed by atoms with Crippen molar-refractivity contribution in [1.29, 1.82) is 0 Å². The number of nitrogens with two attached hydrogens (primary N) is 1. The fourth-order valence-electron chi connectivity index (χ4n) is 4.96. The Morgan fingerprint density at radius 3 is 2.56 bits per heavy atom. The zero-order valence-electron chi connectivity index (χ0n) is 14.6. The number of carbonyl (C=O) groups is 2. The Hall–Kier alpha value is -1.88. The Bertz CT molecular complexity index is 667. The highest BCUT2D eigenvalue weighted by atomic mass is 16.2. The summed E-state index contributed by atoms with van der Waals surface area (Å²) >= 11 is 0. The summed E-state index contributed by atoms with van der Waals surface area (Å²) in [6.45, 7) is 1.66. The maximum Gasteiger partial charge on any atom is 0.253 e. The van der Waals surface area contributed by atoms with Gasteiger partial charge in [-0.3, -0.25) is 9.59 Å². The lowest BCUT2D eigenvalue weighted by Crippen LogP contribution is -2.42. The third kappa shape index (κ3) is 3.17. The van der Waals surface area contributed by atoms with Gasteiger partial charge in [0.2, 0.25) is 5.91 Å². The summed E-state index contributed by atoms with van der Waals surface area (Å²) in [6, 6.07) is 7.30. The van der Waals surface area contributed by atoms with Crippen LogP contribution in [0.3, 0.4) is 0 Å². The summed E-state index contributed by atoms with van der Waals surface area (Å²) < 4.78 is 0. The average molecular weight is 341 g/mol. The second kappa shape index (κ2) is 6.79. The van der Waals surface area contributed by atoms with Crippen molar-refractivity contribution in [2.75, 3.05) is 18.4 Å². The lowest BCUT2D eigenvalue weighted by atomic mass is 9.84. The van der Waals surface area contributed by atoms with Crippen LogP contribution >= 0.6 is 0 Å². The Balaban J connectivity index is 1.44. The Morgan fingerprint density at radius 1 is 1.08 bits per heavy atom. The standard InChI is InChI=1S/C20H27N3O2/c21-18-14-8-7-13(11-14)17(18)19(24)22-16-6-4-5-15(12-16)20(25)23-9-2-1-3-10-23/h4-6,12-14,17-18H,1-3,7-11,21H2,(H,22,24). The van der Waals surface area contributed by atoms with E-state index in [1.165, 1.54) is 6.42 Å². The number of piperidine rings is 1. The molecule has 2 bridgehead atoms. The van der Waals surface area contributed by atoms with Gasteiger partial charge in [0, 0.05) is 30.4 Å². The molecule has 3 N–H and O–H groups in total. The third-order valence-electron chi connectivity index (χ3n) is 6.30. The van der Waals surface area contributed by atoms with Crippen LogP contribution in [-0.2, 0) is 4.79 Å². The molecule has 5 heteroatoms. The van der Waals surface area contributed by atoms with Crippen LogP contribution in [0.15, 0.2) is 24.3 Å². The van der Waals surface area contributed by atoms with Gasteiger partial charge in [-0.05, 0) is 68.6 Å². The molecule has 5 nitrogen and oxygen atoms in total. The molecule has 25 heavy (non-hydrogen) atoms. The molecule has 1 heterocycles. The van der Waals surface area contributed by atoms with Crippen molar-refractivity contribution >= 4 is 17.5 Å². The summed E-state index contributed by atoms with van der Waals surface area (Å²) in [4.78, 5) is 27.3. The Morgan fingerprint density at radius 2 is 1.84 bits per heavy atom. The molecule has 0 radical (unpaired) electrons. The van der Waals surface area contributed by atoms with Gasteiger partial charge in [-0.15, -0.1) is 0 Å². The van der Waals surface area contributed by atoms with Crippen molar-refractivity contribution in [3.8, 4) is 0 Å². The minimum Gasteiger partial charge on any atom is -0.339 e. The van der Waals surface area contributed by atoms with Gasteiger partial charge < -0.3 is 16.0 Å². The molecule has 3 fully saturated rings. The maximum atomic E-state index is 12.7. The number of nitrogens with one attached hydrogen (secondary N) is 1. The zero-order valence-corrected chi connectivity index (χ0v) is 14.6. The molecular weight excluding hydrogens is 314 g/mol. The summed E-state index contributed by atoms with van der Waals surface area (Å²) in [7, 11) is 0. The van der Waals surface area contributed by atoms with Crippen molar-refractivity contribution < 1.29 is 9.59 Å². The van der Waals surface area contributed by atoms with Gasteiger partial charge in [0.25, 0.3) is 5.91 Å². The van der Waals surface area contributed by atoms with Crippen LogP contribution in [0.25, 0.3) is 0 Å². The number of nitrogens with zero attached hydrogens (tertiary/aromatic N) is 1.